The average Bonchev–Trinajstić information content (AvgIpc) is 2.88. The molecule has 0 spiro atoms. The third-order valence-corrected chi connectivity index (χ3v) is 4.48. The third-order valence-electron chi connectivity index (χ3n) is 4.48. The van der Waals surface area contributed by atoms with Crippen LogP contribution in [-0.4, -0.2) is 28.8 Å². The van der Waals surface area contributed by atoms with Crippen LogP contribution in [0.3, 0.4) is 0 Å². The van der Waals surface area contributed by atoms with Crippen LogP contribution in [0.2, 0.25) is 0 Å². The van der Waals surface area contributed by atoms with Gasteiger partial charge in [0.15, 0.2) is 5.96 Å². The highest BCUT2D eigenvalue weighted by atomic mass is 15.3. The second-order valence-corrected chi connectivity index (χ2v) is 5.96. The summed E-state index contributed by atoms with van der Waals surface area (Å²) in [6.45, 7) is 13.5. The van der Waals surface area contributed by atoms with E-state index in [-0.39, 0.29) is 0 Å². The highest BCUT2D eigenvalue weighted by Gasteiger charge is 2.13. The minimum absolute atomic E-state index is 0.693. The monoisotopic (exact) mass is 321 g/mol. The van der Waals surface area contributed by atoms with Gasteiger partial charge in [-0.05, 0) is 25.7 Å². The summed E-state index contributed by atoms with van der Waals surface area (Å²) in [5.74, 6) is 1.61. The van der Waals surface area contributed by atoms with E-state index in [2.05, 4.69) is 50.4 Å². The zero-order valence-corrected chi connectivity index (χ0v) is 15.9. The number of nitrogens with zero attached hydrogens (tertiary/aromatic N) is 3. The number of hydrogen-bond acceptors (Lipinski definition) is 2. The molecule has 0 aliphatic carbocycles. The summed E-state index contributed by atoms with van der Waals surface area (Å²) in [5, 5.41) is 11.5. The van der Waals surface area contributed by atoms with Crippen molar-refractivity contribution in [2.45, 2.75) is 66.8 Å². The molecule has 0 aromatic carbocycles. The molecule has 1 aromatic heterocycles. The van der Waals surface area contributed by atoms with Crippen LogP contribution in [0.15, 0.2) is 4.99 Å². The first-order valence-corrected chi connectivity index (χ1v) is 9.16. The molecule has 0 radical (unpaired) electrons. The van der Waals surface area contributed by atoms with Crippen LogP contribution in [0.1, 0.15) is 64.4 Å². The van der Waals surface area contributed by atoms with Gasteiger partial charge in [-0.2, -0.15) is 5.10 Å². The normalized spacial score (nSPS) is 12.0. The second-order valence-electron chi connectivity index (χ2n) is 5.96. The highest BCUT2D eigenvalue weighted by molar-refractivity contribution is 5.79. The lowest BCUT2D eigenvalue weighted by atomic mass is 10.0. The fraction of sp³-hybridized carbons (Fsp3) is 0.778. The van der Waals surface area contributed by atoms with Crippen LogP contribution in [0.4, 0.5) is 0 Å². The van der Waals surface area contributed by atoms with Gasteiger partial charge in [0.25, 0.3) is 0 Å². The fourth-order valence-corrected chi connectivity index (χ4v) is 2.89. The van der Waals surface area contributed by atoms with Gasteiger partial charge in [-0.25, -0.2) is 4.99 Å². The number of nitrogens with one attached hydrogen (secondary N) is 2. The Kier molecular flexibility index (Phi) is 8.74. The summed E-state index contributed by atoms with van der Waals surface area (Å²) in [4.78, 5) is 4.80. The molecule has 0 aliphatic rings. The lowest BCUT2D eigenvalue weighted by molar-refractivity contribution is 0.481. The first-order valence-electron chi connectivity index (χ1n) is 9.16. The lowest BCUT2D eigenvalue weighted by Crippen LogP contribution is -2.39. The molecule has 5 nitrogen and oxygen atoms in total. The molecule has 23 heavy (non-hydrogen) atoms. The Hall–Kier alpha value is -1.52. The fourth-order valence-electron chi connectivity index (χ4n) is 2.89. The van der Waals surface area contributed by atoms with Gasteiger partial charge in [-0.1, -0.05) is 40.5 Å². The van der Waals surface area contributed by atoms with Crippen molar-refractivity contribution in [1.29, 1.82) is 0 Å². The molecule has 0 saturated carbocycles. The summed E-state index contributed by atoms with van der Waals surface area (Å²) < 4.78 is 2.01. The van der Waals surface area contributed by atoms with Gasteiger partial charge < -0.3 is 10.6 Å². The van der Waals surface area contributed by atoms with E-state index in [0.717, 1.165) is 31.9 Å². The maximum absolute atomic E-state index is 4.80. The quantitative estimate of drug-likeness (QED) is 0.543. The lowest BCUT2D eigenvalue weighted by Gasteiger charge is -2.16. The van der Waals surface area contributed by atoms with Crippen molar-refractivity contribution in [2.24, 2.45) is 18.0 Å². The maximum atomic E-state index is 4.80. The molecule has 5 heteroatoms. The van der Waals surface area contributed by atoms with Crippen LogP contribution in [0.5, 0.6) is 0 Å². The summed E-state index contributed by atoms with van der Waals surface area (Å²) in [7, 11) is 2.03. The third kappa shape index (κ3) is 5.56. The number of guanidine groups is 1. The largest absolute Gasteiger partial charge is 0.357 e. The van der Waals surface area contributed by atoms with Gasteiger partial charge in [0, 0.05) is 31.4 Å². The van der Waals surface area contributed by atoms with E-state index in [1.54, 1.807) is 0 Å². The Morgan fingerprint density at radius 3 is 2.30 bits per heavy atom. The van der Waals surface area contributed by atoms with Crippen LogP contribution in [-0.2, 0) is 26.4 Å². The molecular weight excluding hydrogens is 286 g/mol. The summed E-state index contributed by atoms with van der Waals surface area (Å²) in [5.41, 5.74) is 3.75. The van der Waals surface area contributed by atoms with Crippen molar-refractivity contribution in [3.8, 4) is 0 Å². The van der Waals surface area contributed by atoms with Crippen LogP contribution < -0.4 is 10.6 Å². The molecule has 132 valence electrons. The predicted molar refractivity (Wildman–Crippen MR) is 98.9 cm³/mol. The van der Waals surface area contributed by atoms with Crippen molar-refractivity contribution in [3.63, 3.8) is 0 Å². The van der Waals surface area contributed by atoms with E-state index < -0.39 is 0 Å². The number of aliphatic imine (C=N–C) groups is 1. The van der Waals surface area contributed by atoms with E-state index in [1.807, 2.05) is 11.7 Å². The van der Waals surface area contributed by atoms with Crippen LogP contribution in [0, 0.1) is 5.92 Å². The standard InChI is InChI=1S/C18H35N5/c1-7-14(8-2)12-20-18(19-11-5)21-13-15-16(9-3)22-23(6)17(15)10-4/h14H,7-13H2,1-6H3,(H2,19,20,21). The Morgan fingerprint density at radius 2 is 1.78 bits per heavy atom. The van der Waals surface area contributed by atoms with Gasteiger partial charge in [-0.15, -0.1) is 0 Å². The van der Waals surface area contributed by atoms with Gasteiger partial charge in [-0.3, -0.25) is 4.68 Å². The van der Waals surface area contributed by atoms with Crippen molar-refractivity contribution in [2.75, 3.05) is 13.1 Å². The predicted octanol–water partition coefficient (Wildman–Crippen LogP) is 3.04. The van der Waals surface area contributed by atoms with Crippen LogP contribution >= 0.6 is 0 Å². The first kappa shape index (κ1) is 19.5. The summed E-state index contributed by atoms with van der Waals surface area (Å²) in [6.07, 6.45) is 4.35. The van der Waals surface area contributed by atoms with Crippen molar-refractivity contribution >= 4 is 5.96 Å². The van der Waals surface area contributed by atoms with E-state index in [4.69, 9.17) is 4.99 Å². The molecule has 0 amide bonds. The van der Waals surface area contributed by atoms with Gasteiger partial charge in [0.2, 0.25) is 0 Å². The van der Waals surface area contributed by atoms with Crippen LogP contribution in [0.25, 0.3) is 0 Å². The minimum Gasteiger partial charge on any atom is -0.357 e. The number of rotatable bonds is 9. The number of aryl methyl sites for hydroxylation is 2. The van der Waals surface area contributed by atoms with E-state index in [0.29, 0.717) is 12.5 Å². The molecule has 0 saturated heterocycles. The van der Waals surface area contributed by atoms with E-state index >= 15 is 0 Å². The zero-order chi connectivity index (χ0) is 17.2. The Bertz CT molecular complexity index is 486. The summed E-state index contributed by atoms with van der Waals surface area (Å²) >= 11 is 0. The molecule has 1 rings (SSSR count). The molecule has 0 unspecified atom stereocenters. The maximum Gasteiger partial charge on any atom is 0.191 e. The number of aromatic nitrogens is 2. The molecule has 1 aromatic rings. The van der Waals surface area contributed by atoms with Crippen molar-refractivity contribution in [1.82, 2.24) is 20.4 Å². The Labute approximate surface area is 142 Å². The molecule has 1 heterocycles. The SMILES string of the molecule is CCNC(=NCc1c(CC)nn(C)c1CC)NCC(CC)CC. The second kappa shape index (κ2) is 10.3. The minimum atomic E-state index is 0.693. The smallest absolute Gasteiger partial charge is 0.191 e. The molecule has 0 atom stereocenters. The van der Waals surface area contributed by atoms with Crippen molar-refractivity contribution in [3.05, 3.63) is 17.0 Å². The summed E-state index contributed by atoms with van der Waals surface area (Å²) in [6, 6.07) is 0. The van der Waals surface area contributed by atoms with E-state index in [1.165, 1.54) is 29.8 Å². The first-order chi connectivity index (χ1) is 11.1. The van der Waals surface area contributed by atoms with Gasteiger partial charge in [0.05, 0.1) is 12.2 Å². The van der Waals surface area contributed by atoms with Crippen molar-refractivity contribution < 1.29 is 0 Å². The zero-order valence-electron chi connectivity index (χ0n) is 15.9. The molecule has 0 bridgehead atoms. The molecule has 0 aliphatic heterocycles. The Morgan fingerprint density at radius 1 is 1.09 bits per heavy atom. The Balaban J connectivity index is 2.84. The molecule has 2 N–H and O–H groups in total. The van der Waals surface area contributed by atoms with Gasteiger partial charge >= 0.3 is 0 Å². The topological polar surface area (TPSA) is 54.2 Å². The highest BCUT2D eigenvalue weighted by Crippen LogP contribution is 2.16. The average molecular weight is 322 g/mol. The van der Waals surface area contributed by atoms with Gasteiger partial charge in [0.1, 0.15) is 0 Å². The molecule has 0 fully saturated rings. The van der Waals surface area contributed by atoms with E-state index in [9.17, 15) is 0 Å². The molecular formula is C18H35N5. The number of hydrogen-bond donors (Lipinski definition) is 2.